The Morgan fingerprint density at radius 1 is 1.28 bits per heavy atom. The normalized spacial score (nSPS) is 11.1. The molecule has 0 bridgehead atoms. The Morgan fingerprint density at radius 3 is 2.33 bits per heavy atom. The van der Waals surface area contributed by atoms with Gasteiger partial charge in [-0.25, -0.2) is 4.79 Å². The van der Waals surface area contributed by atoms with Crippen molar-refractivity contribution < 1.29 is 14.7 Å². The zero-order chi connectivity index (χ0) is 13.9. The smallest absolute Gasteiger partial charge is 0.337 e. The molecule has 0 radical (unpaired) electrons. The third-order valence-corrected chi connectivity index (χ3v) is 3.11. The quantitative estimate of drug-likeness (QED) is 0.826. The molecule has 0 aliphatic rings. The van der Waals surface area contributed by atoms with Crippen LogP contribution in [0.1, 0.15) is 31.1 Å². The Kier molecular flexibility index (Phi) is 4.40. The van der Waals surface area contributed by atoms with Crippen LogP contribution in [-0.4, -0.2) is 23.2 Å². The van der Waals surface area contributed by atoms with Crippen LogP contribution in [0.5, 0.6) is 0 Å². The molecule has 1 amide bonds. The van der Waals surface area contributed by atoms with Crippen molar-refractivity contribution in [2.24, 2.45) is 5.41 Å². The lowest BCUT2D eigenvalue weighted by molar-refractivity contribution is -0.123. The van der Waals surface area contributed by atoms with E-state index in [1.54, 1.807) is 39.0 Å². The molecule has 0 saturated heterocycles. The van der Waals surface area contributed by atoms with Crippen molar-refractivity contribution >= 4 is 29.3 Å². The number of thioether (sulfide) groups is 1. The van der Waals surface area contributed by atoms with E-state index in [9.17, 15) is 9.59 Å². The highest BCUT2D eigenvalue weighted by Crippen LogP contribution is 2.25. The van der Waals surface area contributed by atoms with Gasteiger partial charge in [0.2, 0.25) is 5.91 Å². The molecule has 0 heterocycles. The molecule has 2 N–H and O–H groups in total. The van der Waals surface area contributed by atoms with Gasteiger partial charge >= 0.3 is 5.97 Å². The Bertz CT molecular complexity index is 478. The van der Waals surface area contributed by atoms with Crippen LogP contribution in [0, 0.1) is 5.41 Å². The summed E-state index contributed by atoms with van der Waals surface area (Å²) in [6.45, 7) is 5.33. The first kappa shape index (κ1) is 14.6. The number of hydrogen-bond donors (Lipinski definition) is 2. The summed E-state index contributed by atoms with van der Waals surface area (Å²) < 4.78 is 0. The molecule has 1 aromatic rings. The number of amides is 1. The number of carbonyl (C=O) groups excluding carboxylic acids is 1. The predicted octanol–water partition coefficient (Wildman–Crippen LogP) is 3.09. The van der Waals surface area contributed by atoms with Crippen LogP contribution < -0.4 is 5.32 Å². The average molecular weight is 267 g/mol. The SMILES string of the molecule is CSc1ccc(NC(=O)C(C)(C)C)c(C(=O)O)c1. The van der Waals surface area contributed by atoms with Gasteiger partial charge in [0, 0.05) is 10.3 Å². The summed E-state index contributed by atoms with van der Waals surface area (Å²) in [5.74, 6) is -1.25. The molecule has 0 spiro atoms. The molecule has 1 aromatic carbocycles. The van der Waals surface area contributed by atoms with Gasteiger partial charge in [0.25, 0.3) is 0 Å². The second-order valence-electron chi connectivity index (χ2n) is 4.92. The highest BCUT2D eigenvalue weighted by atomic mass is 32.2. The highest BCUT2D eigenvalue weighted by molar-refractivity contribution is 7.98. The van der Waals surface area contributed by atoms with E-state index >= 15 is 0 Å². The average Bonchev–Trinajstić information content (AvgIpc) is 2.27. The maximum Gasteiger partial charge on any atom is 0.337 e. The number of benzene rings is 1. The number of carboxylic acid groups (broad SMARTS) is 1. The molecular formula is C13H17NO3S. The van der Waals surface area contributed by atoms with Crippen molar-refractivity contribution in [2.75, 3.05) is 11.6 Å². The molecule has 1 rings (SSSR count). The zero-order valence-electron chi connectivity index (χ0n) is 10.9. The van der Waals surface area contributed by atoms with Gasteiger partial charge in [-0.3, -0.25) is 4.79 Å². The summed E-state index contributed by atoms with van der Waals surface area (Å²) in [6.07, 6.45) is 1.87. The molecule has 0 atom stereocenters. The monoisotopic (exact) mass is 267 g/mol. The van der Waals surface area contributed by atoms with Gasteiger partial charge in [-0.05, 0) is 24.5 Å². The minimum atomic E-state index is -1.05. The van der Waals surface area contributed by atoms with Crippen LogP contribution in [0.15, 0.2) is 23.1 Å². The standard InChI is InChI=1S/C13H17NO3S/c1-13(2,3)12(17)14-10-6-5-8(18-4)7-9(10)11(15)16/h5-7H,1-4H3,(H,14,17)(H,15,16). The van der Waals surface area contributed by atoms with Gasteiger partial charge in [0.15, 0.2) is 0 Å². The van der Waals surface area contributed by atoms with Crippen LogP contribution in [0.3, 0.4) is 0 Å². The maximum absolute atomic E-state index is 11.9. The molecule has 18 heavy (non-hydrogen) atoms. The van der Waals surface area contributed by atoms with Crippen LogP contribution in [0.4, 0.5) is 5.69 Å². The van der Waals surface area contributed by atoms with Gasteiger partial charge in [-0.2, -0.15) is 0 Å². The fraction of sp³-hybridized carbons (Fsp3) is 0.385. The Hall–Kier alpha value is -1.49. The largest absolute Gasteiger partial charge is 0.478 e. The van der Waals surface area contributed by atoms with Gasteiger partial charge in [0.1, 0.15) is 0 Å². The van der Waals surface area contributed by atoms with Crippen molar-refractivity contribution in [3.63, 3.8) is 0 Å². The summed E-state index contributed by atoms with van der Waals surface area (Å²) in [5.41, 5.74) is -0.117. The lowest BCUT2D eigenvalue weighted by Gasteiger charge is -2.18. The third kappa shape index (κ3) is 3.50. The van der Waals surface area contributed by atoms with E-state index in [1.165, 1.54) is 11.8 Å². The molecule has 0 unspecified atom stereocenters. The fourth-order valence-corrected chi connectivity index (χ4v) is 1.69. The molecule has 0 aromatic heterocycles. The summed E-state index contributed by atoms with van der Waals surface area (Å²) in [7, 11) is 0. The predicted molar refractivity (Wildman–Crippen MR) is 73.3 cm³/mol. The van der Waals surface area contributed by atoms with Gasteiger partial charge in [-0.1, -0.05) is 20.8 Å². The van der Waals surface area contributed by atoms with Crippen LogP contribution >= 0.6 is 11.8 Å². The number of hydrogen-bond acceptors (Lipinski definition) is 3. The maximum atomic E-state index is 11.9. The van der Waals surface area contributed by atoms with Crippen molar-refractivity contribution in [1.82, 2.24) is 0 Å². The van der Waals surface area contributed by atoms with Crippen molar-refractivity contribution in [1.29, 1.82) is 0 Å². The van der Waals surface area contributed by atoms with E-state index in [1.807, 2.05) is 6.26 Å². The number of rotatable bonds is 3. The molecule has 0 saturated carbocycles. The van der Waals surface area contributed by atoms with Crippen molar-refractivity contribution in [3.8, 4) is 0 Å². The molecular weight excluding hydrogens is 250 g/mol. The van der Waals surface area contributed by atoms with Gasteiger partial charge in [-0.15, -0.1) is 11.8 Å². The van der Waals surface area contributed by atoms with Gasteiger partial charge < -0.3 is 10.4 Å². The first-order valence-electron chi connectivity index (χ1n) is 5.48. The number of carboxylic acids is 1. The summed E-state index contributed by atoms with van der Waals surface area (Å²) >= 11 is 1.46. The lowest BCUT2D eigenvalue weighted by Crippen LogP contribution is -2.28. The fourth-order valence-electron chi connectivity index (χ4n) is 1.25. The van der Waals surface area contributed by atoms with Crippen molar-refractivity contribution in [3.05, 3.63) is 23.8 Å². The van der Waals surface area contributed by atoms with E-state index < -0.39 is 11.4 Å². The molecule has 5 heteroatoms. The molecule has 4 nitrogen and oxygen atoms in total. The first-order chi connectivity index (χ1) is 8.25. The van der Waals surface area contributed by atoms with E-state index in [4.69, 9.17) is 5.11 Å². The van der Waals surface area contributed by atoms with E-state index in [-0.39, 0.29) is 11.5 Å². The summed E-state index contributed by atoms with van der Waals surface area (Å²) in [5, 5.41) is 11.8. The second-order valence-corrected chi connectivity index (χ2v) is 5.80. The molecule has 0 fully saturated rings. The highest BCUT2D eigenvalue weighted by Gasteiger charge is 2.23. The van der Waals surface area contributed by atoms with E-state index in [2.05, 4.69) is 5.32 Å². The minimum Gasteiger partial charge on any atom is -0.478 e. The Labute approximate surface area is 111 Å². The molecule has 0 aliphatic heterocycles. The summed E-state index contributed by atoms with van der Waals surface area (Å²) in [6, 6.07) is 4.97. The number of nitrogens with one attached hydrogen (secondary N) is 1. The van der Waals surface area contributed by atoms with E-state index in [0.29, 0.717) is 5.69 Å². The lowest BCUT2D eigenvalue weighted by atomic mass is 9.95. The minimum absolute atomic E-state index is 0.111. The Balaban J connectivity index is 3.09. The number of anilines is 1. The molecule has 98 valence electrons. The number of carbonyl (C=O) groups is 2. The summed E-state index contributed by atoms with van der Waals surface area (Å²) in [4.78, 5) is 23.9. The Morgan fingerprint density at radius 2 is 1.89 bits per heavy atom. The first-order valence-corrected chi connectivity index (χ1v) is 6.71. The van der Waals surface area contributed by atoms with Crippen LogP contribution in [-0.2, 0) is 4.79 Å². The second kappa shape index (κ2) is 5.44. The molecule has 0 aliphatic carbocycles. The van der Waals surface area contributed by atoms with E-state index in [0.717, 1.165) is 4.90 Å². The van der Waals surface area contributed by atoms with Crippen LogP contribution in [0.25, 0.3) is 0 Å². The van der Waals surface area contributed by atoms with Crippen LogP contribution in [0.2, 0.25) is 0 Å². The third-order valence-electron chi connectivity index (χ3n) is 2.39. The zero-order valence-corrected chi connectivity index (χ0v) is 11.7. The topological polar surface area (TPSA) is 66.4 Å². The van der Waals surface area contributed by atoms with Crippen molar-refractivity contribution in [2.45, 2.75) is 25.7 Å². The number of aromatic carboxylic acids is 1. The van der Waals surface area contributed by atoms with Gasteiger partial charge in [0.05, 0.1) is 11.3 Å².